The molecule has 6 heteroatoms. The highest BCUT2D eigenvalue weighted by molar-refractivity contribution is 5.95. The van der Waals surface area contributed by atoms with Gasteiger partial charge < -0.3 is 14.2 Å². The fraction of sp³-hybridized carbons (Fsp3) is 0.120. The number of hydrogen-bond donors (Lipinski definition) is 1. The first-order valence-electron chi connectivity index (χ1n) is 9.54. The summed E-state index contributed by atoms with van der Waals surface area (Å²) in [5.74, 6) is 3.68. The number of hydrazone groups is 1. The van der Waals surface area contributed by atoms with Crippen molar-refractivity contribution in [3.8, 4) is 29.6 Å². The quantitative estimate of drug-likeness (QED) is 0.326. The van der Waals surface area contributed by atoms with Gasteiger partial charge in [0, 0.05) is 5.56 Å². The number of benzene rings is 3. The molecule has 0 saturated heterocycles. The average molecular weight is 414 g/mol. The molecular formula is C25H22N2O4. The van der Waals surface area contributed by atoms with Crippen LogP contribution in [0.15, 0.2) is 77.9 Å². The van der Waals surface area contributed by atoms with Crippen LogP contribution in [0, 0.1) is 12.3 Å². The molecule has 0 spiro atoms. The van der Waals surface area contributed by atoms with E-state index in [0.717, 1.165) is 11.1 Å². The fourth-order valence-electron chi connectivity index (χ4n) is 2.70. The molecular weight excluding hydrogens is 392 g/mol. The van der Waals surface area contributed by atoms with E-state index in [0.29, 0.717) is 29.4 Å². The van der Waals surface area contributed by atoms with Crippen molar-refractivity contribution in [2.24, 2.45) is 5.10 Å². The van der Waals surface area contributed by atoms with Gasteiger partial charge in [-0.15, -0.1) is 6.42 Å². The molecule has 0 unspecified atom stereocenters. The first-order chi connectivity index (χ1) is 15.2. The van der Waals surface area contributed by atoms with Crippen LogP contribution in [0.2, 0.25) is 0 Å². The third-order valence-electron chi connectivity index (χ3n) is 4.22. The number of carbonyl (C=O) groups excluding carboxylic acids is 1. The second-order valence-electron chi connectivity index (χ2n) is 6.40. The van der Waals surface area contributed by atoms with E-state index in [1.165, 1.54) is 13.3 Å². The Morgan fingerprint density at radius 1 is 1.03 bits per heavy atom. The third kappa shape index (κ3) is 6.38. The predicted molar refractivity (Wildman–Crippen MR) is 120 cm³/mol. The zero-order valence-electron chi connectivity index (χ0n) is 17.1. The summed E-state index contributed by atoms with van der Waals surface area (Å²) in [6.07, 6.45) is 6.71. The van der Waals surface area contributed by atoms with E-state index < -0.39 is 0 Å². The first-order valence-corrected chi connectivity index (χ1v) is 9.54. The van der Waals surface area contributed by atoms with E-state index in [-0.39, 0.29) is 12.5 Å². The number of terminal acetylenes is 1. The molecule has 0 heterocycles. The predicted octanol–water partition coefficient (Wildman–Crippen LogP) is 4.05. The van der Waals surface area contributed by atoms with E-state index in [1.54, 1.807) is 30.3 Å². The molecule has 0 bridgehead atoms. The first kappa shape index (κ1) is 21.5. The summed E-state index contributed by atoms with van der Waals surface area (Å²) in [7, 11) is 1.53. The largest absolute Gasteiger partial charge is 0.493 e. The molecule has 3 aromatic rings. The summed E-state index contributed by atoms with van der Waals surface area (Å²) in [6.45, 7) is 0.585. The SMILES string of the molecule is C#CCOc1cccc(/C=N/NC(=O)c2ccc(OCc3ccccc3)c(OC)c2)c1. The Labute approximate surface area is 181 Å². The lowest BCUT2D eigenvalue weighted by atomic mass is 10.2. The molecule has 0 aromatic heterocycles. The Hall–Kier alpha value is -4.24. The Morgan fingerprint density at radius 3 is 2.65 bits per heavy atom. The number of methoxy groups -OCH3 is 1. The van der Waals surface area contributed by atoms with Gasteiger partial charge in [0.05, 0.1) is 13.3 Å². The van der Waals surface area contributed by atoms with Gasteiger partial charge in [0.2, 0.25) is 0 Å². The maximum absolute atomic E-state index is 12.4. The van der Waals surface area contributed by atoms with E-state index in [4.69, 9.17) is 20.6 Å². The highest BCUT2D eigenvalue weighted by Crippen LogP contribution is 2.28. The van der Waals surface area contributed by atoms with Gasteiger partial charge in [0.25, 0.3) is 5.91 Å². The minimum atomic E-state index is -0.371. The summed E-state index contributed by atoms with van der Waals surface area (Å²) in [5.41, 5.74) is 4.69. The van der Waals surface area contributed by atoms with Crippen LogP contribution in [0.1, 0.15) is 21.5 Å². The lowest BCUT2D eigenvalue weighted by Gasteiger charge is -2.12. The number of amides is 1. The van der Waals surface area contributed by atoms with Crippen molar-refractivity contribution in [1.29, 1.82) is 0 Å². The van der Waals surface area contributed by atoms with Gasteiger partial charge in [-0.2, -0.15) is 5.10 Å². The van der Waals surface area contributed by atoms with Crippen molar-refractivity contribution < 1.29 is 19.0 Å². The minimum absolute atomic E-state index is 0.185. The van der Waals surface area contributed by atoms with Crippen LogP contribution in [0.3, 0.4) is 0 Å². The number of nitrogens with one attached hydrogen (secondary N) is 1. The molecule has 0 aliphatic heterocycles. The second kappa shape index (κ2) is 11.1. The topological polar surface area (TPSA) is 69.2 Å². The van der Waals surface area contributed by atoms with Gasteiger partial charge in [-0.1, -0.05) is 48.4 Å². The Kier molecular flexibility index (Phi) is 7.67. The van der Waals surface area contributed by atoms with E-state index >= 15 is 0 Å². The molecule has 6 nitrogen and oxygen atoms in total. The van der Waals surface area contributed by atoms with Crippen molar-refractivity contribution >= 4 is 12.1 Å². The molecule has 31 heavy (non-hydrogen) atoms. The molecule has 1 N–H and O–H groups in total. The number of rotatable bonds is 9. The van der Waals surface area contributed by atoms with Gasteiger partial charge in [-0.25, -0.2) is 5.43 Å². The summed E-state index contributed by atoms with van der Waals surface area (Å²) in [4.78, 5) is 12.4. The molecule has 1 amide bonds. The van der Waals surface area contributed by atoms with Gasteiger partial charge in [0.1, 0.15) is 19.0 Å². The zero-order chi connectivity index (χ0) is 21.9. The van der Waals surface area contributed by atoms with Crippen molar-refractivity contribution in [1.82, 2.24) is 5.43 Å². The molecule has 3 rings (SSSR count). The van der Waals surface area contributed by atoms with Crippen LogP contribution in [0.5, 0.6) is 17.2 Å². The highest BCUT2D eigenvalue weighted by atomic mass is 16.5. The van der Waals surface area contributed by atoms with Crippen molar-refractivity contribution in [3.05, 3.63) is 89.5 Å². The fourth-order valence-corrected chi connectivity index (χ4v) is 2.70. The maximum Gasteiger partial charge on any atom is 0.271 e. The Bertz CT molecular complexity index is 1090. The molecule has 0 radical (unpaired) electrons. The number of nitrogens with zero attached hydrogens (tertiary/aromatic N) is 1. The summed E-state index contributed by atoms with van der Waals surface area (Å²) in [5, 5.41) is 4.00. The van der Waals surface area contributed by atoms with Crippen LogP contribution >= 0.6 is 0 Å². The van der Waals surface area contributed by atoms with Crippen LogP contribution < -0.4 is 19.6 Å². The Morgan fingerprint density at radius 2 is 1.87 bits per heavy atom. The van der Waals surface area contributed by atoms with Crippen molar-refractivity contribution in [2.45, 2.75) is 6.61 Å². The minimum Gasteiger partial charge on any atom is -0.493 e. The van der Waals surface area contributed by atoms with Gasteiger partial charge in [0.15, 0.2) is 11.5 Å². The lowest BCUT2D eigenvalue weighted by molar-refractivity contribution is 0.0954. The van der Waals surface area contributed by atoms with Crippen molar-refractivity contribution in [3.63, 3.8) is 0 Å². The summed E-state index contributed by atoms with van der Waals surface area (Å²) >= 11 is 0. The van der Waals surface area contributed by atoms with E-state index in [9.17, 15) is 4.79 Å². The van der Waals surface area contributed by atoms with Gasteiger partial charge >= 0.3 is 0 Å². The normalized spacial score (nSPS) is 10.3. The smallest absolute Gasteiger partial charge is 0.271 e. The van der Waals surface area contributed by atoms with Crippen LogP contribution in [-0.4, -0.2) is 25.8 Å². The molecule has 0 aliphatic rings. The standard InChI is InChI=1S/C25H22N2O4/c1-3-14-30-22-11-7-10-20(15-22)17-26-27-25(28)21-12-13-23(24(16-21)29-2)31-18-19-8-5-4-6-9-19/h1,4-13,15-17H,14,18H2,2H3,(H,27,28)/b26-17+. The summed E-state index contributed by atoms with van der Waals surface area (Å²) < 4.78 is 16.6. The molecule has 0 saturated carbocycles. The summed E-state index contributed by atoms with van der Waals surface area (Å²) in [6, 6.07) is 22.0. The van der Waals surface area contributed by atoms with Crippen molar-refractivity contribution in [2.75, 3.05) is 13.7 Å². The average Bonchev–Trinajstić information content (AvgIpc) is 2.82. The van der Waals surface area contributed by atoms with E-state index in [1.807, 2.05) is 42.5 Å². The molecule has 3 aromatic carbocycles. The third-order valence-corrected chi connectivity index (χ3v) is 4.22. The van der Waals surface area contributed by atoms with Crippen LogP contribution in [0.25, 0.3) is 0 Å². The lowest BCUT2D eigenvalue weighted by Crippen LogP contribution is -2.17. The second-order valence-corrected chi connectivity index (χ2v) is 6.40. The van der Waals surface area contributed by atoms with Crippen LogP contribution in [0.4, 0.5) is 0 Å². The molecule has 0 aliphatic carbocycles. The van der Waals surface area contributed by atoms with E-state index in [2.05, 4.69) is 16.4 Å². The Balaban J connectivity index is 1.61. The van der Waals surface area contributed by atoms with Gasteiger partial charge in [-0.3, -0.25) is 4.79 Å². The number of carbonyl (C=O) groups is 1. The number of ether oxygens (including phenoxy) is 3. The monoisotopic (exact) mass is 414 g/mol. The molecule has 0 fully saturated rings. The zero-order valence-corrected chi connectivity index (χ0v) is 17.1. The number of hydrogen-bond acceptors (Lipinski definition) is 5. The van der Waals surface area contributed by atoms with Crippen LogP contribution in [-0.2, 0) is 6.61 Å². The molecule has 156 valence electrons. The molecule has 0 atom stereocenters. The maximum atomic E-state index is 12.4. The highest BCUT2D eigenvalue weighted by Gasteiger charge is 2.11. The van der Waals surface area contributed by atoms with Gasteiger partial charge in [-0.05, 0) is 41.5 Å².